The summed E-state index contributed by atoms with van der Waals surface area (Å²) < 4.78 is 24.5. The molecule has 1 heterocycles. The SMILES string of the molecule is Cc1nc(NC(=O)C(C)NS(C)(=O)=O)sc1-c1ccccc1. The second-order valence-corrected chi connectivity index (χ2v) is 7.68. The number of nitrogens with one attached hydrogen (secondary N) is 2. The summed E-state index contributed by atoms with van der Waals surface area (Å²) in [6, 6.07) is 8.89. The van der Waals surface area contributed by atoms with Gasteiger partial charge in [-0.1, -0.05) is 41.7 Å². The lowest BCUT2D eigenvalue weighted by atomic mass is 10.2. The monoisotopic (exact) mass is 339 g/mol. The normalized spacial score (nSPS) is 12.9. The summed E-state index contributed by atoms with van der Waals surface area (Å²) in [6.07, 6.45) is 1.01. The average Bonchev–Trinajstić information content (AvgIpc) is 2.78. The number of benzene rings is 1. The van der Waals surface area contributed by atoms with Crippen LogP contribution in [0.2, 0.25) is 0 Å². The minimum Gasteiger partial charge on any atom is -0.301 e. The van der Waals surface area contributed by atoms with Crippen LogP contribution < -0.4 is 10.0 Å². The van der Waals surface area contributed by atoms with Crippen molar-refractivity contribution >= 4 is 32.4 Å². The lowest BCUT2D eigenvalue weighted by Crippen LogP contribution is -2.40. The standard InChI is InChI=1S/C14H17N3O3S2/c1-9-12(11-7-5-4-6-8-11)21-14(15-9)16-13(18)10(2)17-22(3,19)20/h4-8,10,17H,1-3H3,(H,15,16,18). The molecule has 118 valence electrons. The molecule has 0 radical (unpaired) electrons. The molecule has 1 unspecified atom stereocenters. The average molecular weight is 339 g/mol. The van der Waals surface area contributed by atoms with E-state index in [1.807, 2.05) is 37.3 Å². The maximum absolute atomic E-state index is 12.0. The fraction of sp³-hybridized carbons (Fsp3) is 0.286. The molecule has 8 heteroatoms. The Balaban J connectivity index is 2.13. The summed E-state index contributed by atoms with van der Waals surface area (Å²) in [5.41, 5.74) is 1.84. The summed E-state index contributed by atoms with van der Waals surface area (Å²) in [5.74, 6) is -0.446. The highest BCUT2D eigenvalue weighted by atomic mass is 32.2. The van der Waals surface area contributed by atoms with E-state index in [-0.39, 0.29) is 0 Å². The number of amides is 1. The third-order valence-corrected chi connectivity index (χ3v) is 4.75. The van der Waals surface area contributed by atoms with Crippen molar-refractivity contribution in [3.63, 3.8) is 0 Å². The number of aromatic nitrogens is 1. The fourth-order valence-corrected chi connectivity index (χ4v) is 3.62. The van der Waals surface area contributed by atoms with Crippen molar-refractivity contribution in [3.05, 3.63) is 36.0 Å². The summed E-state index contributed by atoms with van der Waals surface area (Å²) in [7, 11) is -3.43. The second-order valence-electron chi connectivity index (χ2n) is 4.90. The van der Waals surface area contributed by atoms with Crippen molar-refractivity contribution in [1.82, 2.24) is 9.71 Å². The number of carbonyl (C=O) groups is 1. The van der Waals surface area contributed by atoms with Gasteiger partial charge in [0, 0.05) is 0 Å². The van der Waals surface area contributed by atoms with Crippen molar-refractivity contribution in [3.8, 4) is 10.4 Å². The first kappa shape index (κ1) is 16.6. The maximum Gasteiger partial charge on any atom is 0.244 e. The predicted molar refractivity (Wildman–Crippen MR) is 88.4 cm³/mol. The third kappa shape index (κ3) is 4.36. The van der Waals surface area contributed by atoms with Gasteiger partial charge in [-0.05, 0) is 19.4 Å². The quantitative estimate of drug-likeness (QED) is 0.872. The number of thiazole rings is 1. The Labute approximate surface area is 133 Å². The van der Waals surface area contributed by atoms with E-state index in [1.165, 1.54) is 18.3 Å². The summed E-state index contributed by atoms with van der Waals surface area (Å²) in [6.45, 7) is 3.35. The molecule has 0 saturated carbocycles. The number of hydrogen-bond donors (Lipinski definition) is 2. The second kappa shape index (κ2) is 6.55. The molecular formula is C14H17N3O3S2. The summed E-state index contributed by atoms with van der Waals surface area (Å²) >= 11 is 1.36. The highest BCUT2D eigenvalue weighted by Crippen LogP contribution is 2.32. The van der Waals surface area contributed by atoms with Crippen LogP contribution in [0.15, 0.2) is 30.3 Å². The van der Waals surface area contributed by atoms with Crippen LogP contribution in [0, 0.1) is 6.92 Å². The smallest absolute Gasteiger partial charge is 0.244 e. The van der Waals surface area contributed by atoms with Crippen molar-refractivity contribution in [2.75, 3.05) is 11.6 Å². The predicted octanol–water partition coefficient (Wildman–Crippen LogP) is 1.99. The van der Waals surface area contributed by atoms with Crippen LogP contribution in [-0.4, -0.2) is 31.6 Å². The van der Waals surface area contributed by atoms with Crippen molar-refractivity contribution in [1.29, 1.82) is 0 Å². The molecule has 2 aromatic rings. The zero-order valence-corrected chi connectivity index (χ0v) is 14.1. The van der Waals surface area contributed by atoms with E-state index in [4.69, 9.17) is 0 Å². The molecule has 2 N–H and O–H groups in total. The Morgan fingerprint density at radius 3 is 2.50 bits per heavy atom. The number of anilines is 1. The van der Waals surface area contributed by atoms with Gasteiger partial charge in [-0.25, -0.2) is 18.1 Å². The van der Waals surface area contributed by atoms with Gasteiger partial charge >= 0.3 is 0 Å². The molecule has 2 rings (SSSR count). The molecule has 22 heavy (non-hydrogen) atoms. The molecule has 0 fully saturated rings. The van der Waals surface area contributed by atoms with Gasteiger partial charge in [-0.2, -0.15) is 0 Å². The highest BCUT2D eigenvalue weighted by Gasteiger charge is 2.19. The number of carbonyl (C=O) groups excluding carboxylic acids is 1. The van der Waals surface area contributed by atoms with Crippen LogP contribution in [0.1, 0.15) is 12.6 Å². The van der Waals surface area contributed by atoms with E-state index < -0.39 is 22.0 Å². The van der Waals surface area contributed by atoms with Crippen LogP contribution in [-0.2, 0) is 14.8 Å². The third-order valence-electron chi connectivity index (χ3n) is 2.85. The molecule has 6 nitrogen and oxygen atoms in total. The van der Waals surface area contributed by atoms with Gasteiger partial charge < -0.3 is 5.32 Å². The van der Waals surface area contributed by atoms with Crippen LogP contribution in [0.3, 0.4) is 0 Å². The number of nitrogens with zero attached hydrogens (tertiary/aromatic N) is 1. The highest BCUT2D eigenvalue weighted by molar-refractivity contribution is 7.88. The molecule has 0 aliphatic rings. The topological polar surface area (TPSA) is 88.2 Å². The summed E-state index contributed by atoms with van der Waals surface area (Å²) in [5, 5.41) is 3.08. The zero-order valence-electron chi connectivity index (χ0n) is 12.5. The van der Waals surface area contributed by atoms with Gasteiger partial charge in [-0.3, -0.25) is 4.79 Å². The molecular weight excluding hydrogens is 322 g/mol. The molecule has 0 bridgehead atoms. The van der Waals surface area contributed by atoms with Crippen molar-refractivity contribution in [2.45, 2.75) is 19.9 Å². The molecule has 0 spiro atoms. The molecule has 0 saturated heterocycles. The number of hydrogen-bond acceptors (Lipinski definition) is 5. The minimum absolute atomic E-state index is 0.446. The Morgan fingerprint density at radius 2 is 1.91 bits per heavy atom. The summed E-state index contributed by atoms with van der Waals surface area (Å²) in [4.78, 5) is 17.3. The van der Waals surface area contributed by atoms with Gasteiger partial charge in [0.15, 0.2) is 5.13 Å². The van der Waals surface area contributed by atoms with E-state index in [1.54, 1.807) is 0 Å². The first-order valence-electron chi connectivity index (χ1n) is 6.57. The van der Waals surface area contributed by atoms with E-state index in [0.29, 0.717) is 5.13 Å². The maximum atomic E-state index is 12.0. The van der Waals surface area contributed by atoms with Crippen LogP contribution >= 0.6 is 11.3 Å². The Morgan fingerprint density at radius 1 is 1.27 bits per heavy atom. The van der Waals surface area contributed by atoms with Gasteiger partial charge in [0.05, 0.1) is 22.9 Å². The molecule has 0 aliphatic carbocycles. The molecule has 0 aliphatic heterocycles. The largest absolute Gasteiger partial charge is 0.301 e. The minimum atomic E-state index is -3.43. The van der Waals surface area contributed by atoms with Crippen LogP contribution in [0.4, 0.5) is 5.13 Å². The molecule has 1 aromatic heterocycles. The van der Waals surface area contributed by atoms with Gasteiger partial charge in [-0.15, -0.1) is 0 Å². The molecule has 1 atom stereocenters. The number of rotatable bonds is 5. The first-order chi connectivity index (χ1) is 10.3. The number of aryl methyl sites for hydroxylation is 1. The molecule has 1 amide bonds. The van der Waals surface area contributed by atoms with Crippen LogP contribution in [0.5, 0.6) is 0 Å². The number of sulfonamides is 1. The Hall–Kier alpha value is -1.77. The van der Waals surface area contributed by atoms with Gasteiger partial charge in [0.25, 0.3) is 0 Å². The zero-order chi connectivity index (χ0) is 16.3. The van der Waals surface area contributed by atoms with Crippen molar-refractivity contribution < 1.29 is 13.2 Å². The van der Waals surface area contributed by atoms with Gasteiger partial charge in [0.1, 0.15) is 0 Å². The van der Waals surface area contributed by atoms with E-state index in [0.717, 1.165) is 22.4 Å². The van der Waals surface area contributed by atoms with E-state index >= 15 is 0 Å². The molecule has 1 aromatic carbocycles. The first-order valence-corrected chi connectivity index (χ1v) is 9.28. The van der Waals surface area contributed by atoms with Crippen molar-refractivity contribution in [2.24, 2.45) is 0 Å². The van der Waals surface area contributed by atoms with Crippen LogP contribution in [0.25, 0.3) is 10.4 Å². The lowest BCUT2D eigenvalue weighted by molar-refractivity contribution is -0.117. The fourth-order valence-electron chi connectivity index (χ4n) is 1.90. The lowest BCUT2D eigenvalue weighted by Gasteiger charge is -2.10. The Bertz CT molecular complexity index is 770. The Kier molecular flexibility index (Phi) is 4.94. The van der Waals surface area contributed by atoms with E-state index in [2.05, 4.69) is 15.0 Å². The van der Waals surface area contributed by atoms with Gasteiger partial charge in [0.2, 0.25) is 15.9 Å². The van der Waals surface area contributed by atoms with E-state index in [9.17, 15) is 13.2 Å².